The van der Waals surface area contributed by atoms with Gasteiger partial charge in [-0.2, -0.15) is 0 Å². The number of hydrogen-bond donors (Lipinski definition) is 0. The van der Waals surface area contributed by atoms with Crippen molar-refractivity contribution in [2.24, 2.45) is 0 Å². The number of halogens is 1. The first-order valence-corrected chi connectivity index (χ1v) is 5.36. The van der Waals surface area contributed by atoms with E-state index in [9.17, 15) is 14.0 Å². The molecule has 0 bridgehead atoms. The molecule has 0 radical (unpaired) electrons. The van der Waals surface area contributed by atoms with Crippen LogP contribution in [0.4, 0.5) is 4.39 Å². The van der Waals surface area contributed by atoms with Gasteiger partial charge in [-0.25, -0.2) is 9.37 Å². The van der Waals surface area contributed by atoms with Crippen LogP contribution in [0.2, 0.25) is 0 Å². The molecule has 0 aliphatic rings. The zero-order valence-corrected chi connectivity index (χ0v) is 9.98. The van der Waals surface area contributed by atoms with Crippen LogP contribution in [0.25, 0.3) is 5.69 Å². The molecule has 0 amide bonds. The maximum Gasteiger partial charge on any atom is 0.268 e. The topological polar surface area (TPSA) is 52.0 Å². The van der Waals surface area contributed by atoms with Gasteiger partial charge >= 0.3 is 0 Å². The first kappa shape index (κ1) is 12.2. The molecule has 2 rings (SSSR count). The summed E-state index contributed by atoms with van der Waals surface area (Å²) in [6.07, 6.45) is 1.26. The van der Waals surface area contributed by atoms with E-state index in [1.807, 2.05) is 0 Å². The Labute approximate surface area is 103 Å². The normalized spacial score (nSPS) is 10.4. The van der Waals surface area contributed by atoms with Crippen LogP contribution in [-0.2, 0) is 0 Å². The van der Waals surface area contributed by atoms with Crippen LogP contribution < -0.4 is 5.56 Å². The predicted molar refractivity (Wildman–Crippen MR) is 64.5 cm³/mol. The van der Waals surface area contributed by atoms with Gasteiger partial charge < -0.3 is 0 Å². The van der Waals surface area contributed by atoms with Gasteiger partial charge in [-0.05, 0) is 38.1 Å². The fourth-order valence-electron chi connectivity index (χ4n) is 1.67. The highest BCUT2D eigenvalue weighted by Gasteiger charge is 2.12. The van der Waals surface area contributed by atoms with Crippen molar-refractivity contribution >= 4 is 5.78 Å². The van der Waals surface area contributed by atoms with Gasteiger partial charge in [0.25, 0.3) is 5.56 Å². The van der Waals surface area contributed by atoms with Crippen LogP contribution in [-0.4, -0.2) is 15.3 Å². The SMILES string of the molecule is CC(=O)c1cnc(C)n(-c2ccc(F)cc2)c1=O. The molecule has 0 spiro atoms. The maximum absolute atomic E-state index is 12.9. The monoisotopic (exact) mass is 246 g/mol. The second kappa shape index (κ2) is 4.52. The Kier molecular flexibility index (Phi) is 3.06. The molecule has 4 nitrogen and oxygen atoms in total. The number of aromatic nitrogens is 2. The van der Waals surface area contributed by atoms with Crippen molar-refractivity contribution in [3.8, 4) is 5.69 Å². The zero-order chi connectivity index (χ0) is 13.3. The highest BCUT2D eigenvalue weighted by molar-refractivity contribution is 5.93. The summed E-state index contributed by atoms with van der Waals surface area (Å²) >= 11 is 0. The van der Waals surface area contributed by atoms with Crippen molar-refractivity contribution in [3.63, 3.8) is 0 Å². The van der Waals surface area contributed by atoms with Crippen molar-refractivity contribution < 1.29 is 9.18 Å². The Morgan fingerprint density at radius 2 is 1.89 bits per heavy atom. The van der Waals surface area contributed by atoms with Gasteiger partial charge in [0.15, 0.2) is 5.78 Å². The summed E-state index contributed by atoms with van der Waals surface area (Å²) in [6.45, 7) is 2.96. The molecule has 0 saturated carbocycles. The number of aryl methyl sites for hydroxylation is 1. The molecule has 2 aromatic rings. The summed E-state index contributed by atoms with van der Waals surface area (Å²) in [5.41, 5.74) is 0.0565. The Bertz CT molecular complexity index is 660. The first-order chi connectivity index (χ1) is 8.50. The van der Waals surface area contributed by atoms with Crippen LogP contribution >= 0.6 is 0 Å². The van der Waals surface area contributed by atoms with Crippen molar-refractivity contribution in [2.45, 2.75) is 13.8 Å². The van der Waals surface area contributed by atoms with Gasteiger partial charge in [0.2, 0.25) is 0 Å². The third kappa shape index (κ3) is 2.07. The molecule has 0 fully saturated rings. The molecule has 5 heteroatoms. The Balaban J connectivity index is 2.71. The molecule has 0 aliphatic heterocycles. The molecule has 0 unspecified atom stereocenters. The van der Waals surface area contributed by atoms with Gasteiger partial charge in [0.05, 0.1) is 5.69 Å². The minimum atomic E-state index is -0.443. The van der Waals surface area contributed by atoms with Crippen LogP contribution in [0.5, 0.6) is 0 Å². The van der Waals surface area contributed by atoms with Gasteiger partial charge in [0, 0.05) is 6.20 Å². The quantitative estimate of drug-likeness (QED) is 0.760. The zero-order valence-electron chi connectivity index (χ0n) is 9.98. The van der Waals surface area contributed by atoms with Crippen LogP contribution in [0.15, 0.2) is 35.3 Å². The summed E-state index contributed by atoms with van der Waals surface area (Å²) in [4.78, 5) is 27.4. The highest BCUT2D eigenvalue weighted by atomic mass is 19.1. The Morgan fingerprint density at radius 3 is 2.44 bits per heavy atom. The van der Waals surface area contributed by atoms with E-state index in [0.29, 0.717) is 11.5 Å². The maximum atomic E-state index is 12.9. The minimum absolute atomic E-state index is 0.0184. The summed E-state index contributed by atoms with van der Waals surface area (Å²) in [6, 6.07) is 5.44. The summed E-state index contributed by atoms with van der Waals surface area (Å²) in [5, 5.41) is 0. The lowest BCUT2D eigenvalue weighted by Gasteiger charge is -2.09. The van der Waals surface area contributed by atoms with Crippen molar-refractivity contribution in [2.75, 3.05) is 0 Å². The Morgan fingerprint density at radius 1 is 1.28 bits per heavy atom. The van der Waals surface area contributed by atoms with Crippen LogP contribution in [0.3, 0.4) is 0 Å². The van der Waals surface area contributed by atoms with Gasteiger partial charge in [0.1, 0.15) is 17.2 Å². The highest BCUT2D eigenvalue weighted by Crippen LogP contribution is 2.09. The van der Waals surface area contributed by atoms with E-state index in [2.05, 4.69) is 4.98 Å². The second-order valence-electron chi connectivity index (χ2n) is 3.89. The number of benzene rings is 1. The van der Waals surface area contributed by atoms with E-state index in [0.717, 1.165) is 0 Å². The number of carbonyl (C=O) groups excluding carboxylic acids is 1. The lowest BCUT2D eigenvalue weighted by atomic mass is 10.2. The average Bonchev–Trinajstić information content (AvgIpc) is 2.31. The number of ketones is 1. The number of nitrogens with zero attached hydrogens (tertiary/aromatic N) is 2. The number of hydrogen-bond acceptors (Lipinski definition) is 3. The molecule has 1 aromatic carbocycles. The largest absolute Gasteiger partial charge is 0.294 e. The van der Waals surface area contributed by atoms with E-state index in [4.69, 9.17) is 0 Å². The third-order valence-electron chi connectivity index (χ3n) is 2.60. The van der Waals surface area contributed by atoms with Crippen LogP contribution in [0.1, 0.15) is 23.1 Å². The molecule has 0 atom stereocenters. The van der Waals surface area contributed by atoms with E-state index < -0.39 is 5.56 Å². The second-order valence-corrected chi connectivity index (χ2v) is 3.89. The van der Waals surface area contributed by atoms with Crippen LogP contribution in [0, 0.1) is 12.7 Å². The Hall–Kier alpha value is -2.30. The molecular formula is C13H11FN2O2. The van der Waals surface area contributed by atoms with Gasteiger partial charge in [-0.1, -0.05) is 0 Å². The number of Topliss-reactive ketones (excluding diaryl/α,β-unsaturated/α-hetero) is 1. The molecule has 92 valence electrons. The summed E-state index contributed by atoms with van der Waals surface area (Å²) in [7, 11) is 0. The standard InChI is InChI=1S/C13H11FN2O2/c1-8(17)12-7-15-9(2)16(13(12)18)11-5-3-10(14)4-6-11/h3-7H,1-2H3. The van der Waals surface area contributed by atoms with E-state index in [-0.39, 0.29) is 17.2 Å². The van der Waals surface area contributed by atoms with E-state index in [1.54, 1.807) is 6.92 Å². The molecule has 0 aliphatic carbocycles. The number of rotatable bonds is 2. The van der Waals surface area contributed by atoms with Crippen molar-refractivity contribution in [1.29, 1.82) is 0 Å². The van der Waals surface area contributed by atoms with Crippen molar-refractivity contribution in [3.05, 3.63) is 58.0 Å². The summed E-state index contributed by atoms with van der Waals surface area (Å²) < 4.78 is 14.1. The lowest BCUT2D eigenvalue weighted by Crippen LogP contribution is -2.27. The molecule has 18 heavy (non-hydrogen) atoms. The molecule has 1 aromatic heterocycles. The smallest absolute Gasteiger partial charge is 0.268 e. The third-order valence-corrected chi connectivity index (χ3v) is 2.60. The number of carbonyl (C=O) groups is 1. The molecule has 0 N–H and O–H groups in total. The minimum Gasteiger partial charge on any atom is -0.294 e. The molecule has 1 heterocycles. The van der Waals surface area contributed by atoms with Gasteiger partial charge in [-0.15, -0.1) is 0 Å². The predicted octanol–water partition coefficient (Wildman–Crippen LogP) is 1.88. The molecule has 0 saturated heterocycles. The molecular weight excluding hydrogens is 235 g/mol. The fourth-order valence-corrected chi connectivity index (χ4v) is 1.67. The van der Waals surface area contributed by atoms with E-state index >= 15 is 0 Å². The summed E-state index contributed by atoms with van der Waals surface area (Å²) in [5.74, 6) is -0.292. The first-order valence-electron chi connectivity index (χ1n) is 5.36. The van der Waals surface area contributed by atoms with Crippen molar-refractivity contribution in [1.82, 2.24) is 9.55 Å². The van der Waals surface area contributed by atoms with Gasteiger partial charge in [-0.3, -0.25) is 14.2 Å². The fraction of sp³-hybridized carbons (Fsp3) is 0.154. The van der Waals surface area contributed by atoms with E-state index in [1.165, 1.54) is 42.0 Å². The average molecular weight is 246 g/mol. The lowest BCUT2D eigenvalue weighted by molar-refractivity contribution is 0.101.